The Labute approximate surface area is 264 Å². The molecule has 3 aromatic carbocycles. The molecule has 0 unspecified atom stereocenters. The molecule has 0 N–H and O–H groups in total. The van der Waals surface area contributed by atoms with Crippen LogP contribution < -0.4 is 4.74 Å². The highest BCUT2D eigenvalue weighted by atomic mass is 19.3. The van der Waals surface area contributed by atoms with Gasteiger partial charge in [-0.1, -0.05) is 44.2 Å². The van der Waals surface area contributed by atoms with Gasteiger partial charge in [-0.2, -0.15) is 8.78 Å². The van der Waals surface area contributed by atoms with Gasteiger partial charge < -0.3 is 4.74 Å². The van der Waals surface area contributed by atoms with Gasteiger partial charge in [0.1, 0.15) is 28.8 Å². The van der Waals surface area contributed by atoms with E-state index in [0.29, 0.717) is 18.1 Å². The Morgan fingerprint density at radius 2 is 1.02 bits per heavy atom. The molecule has 3 saturated carbocycles. The molecule has 3 aliphatic carbocycles. The first kappa shape index (κ1) is 32.8. The Bertz CT molecular complexity index is 1490. The van der Waals surface area contributed by atoms with E-state index in [1.807, 2.05) is 0 Å². The Morgan fingerprint density at radius 1 is 0.522 bits per heavy atom. The van der Waals surface area contributed by atoms with Crippen molar-refractivity contribution in [3.05, 3.63) is 88.5 Å². The summed E-state index contributed by atoms with van der Waals surface area (Å²) in [5, 5.41) is 0. The maximum absolute atomic E-state index is 15.3. The fourth-order valence-electron chi connectivity index (χ4n) is 8.43. The van der Waals surface area contributed by atoms with Crippen molar-refractivity contribution in [3.63, 3.8) is 0 Å². The van der Waals surface area contributed by atoms with Gasteiger partial charge in [0.25, 0.3) is 0 Å². The molecule has 3 aromatic rings. The van der Waals surface area contributed by atoms with Crippen molar-refractivity contribution in [2.45, 2.75) is 95.5 Å². The minimum Gasteiger partial charge on any atom is -0.429 e. The molecular formula is C37H38F8O. The maximum atomic E-state index is 15.3. The van der Waals surface area contributed by atoms with Gasteiger partial charge in [-0.05, 0) is 110 Å². The number of hydrogen-bond acceptors (Lipinski definition) is 1. The first-order valence-electron chi connectivity index (χ1n) is 16.5. The van der Waals surface area contributed by atoms with Crippen molar-refractivity contribution >= 4 is 0 Å². The number of halogens is 8. The molecule has 0 amide bonds. The Hall–Kier alpha value is -3.10. The molecule has 0 bridgehead atoms. The van der Waals surface area contributed by atoms with Gasteiger partial charge in [-0.15, -0.1) is 0 Å². The smallest absolute Gasteiger partial charge is 0.429 e. The lowest BCUT2D eigenvalue weighted by molar-refractivity contribution is -0.189. The highest BCUT2D eigenvalue weighted by Gasteiger charge is 2.42. The van der Waals surface area contributed by atoms with Crippen molar-refractivity contribution in [1.82, 2.24) is 0 Å². The van der Waals surface area contributed by atoms with Crippen LogP contribution in [0.4, 0.5) is 35.1 Å². The average molecular weight is 651 g/mol. The quantitative estimate of drug-likeness (QED) is 0.183. The van der Waals surface area contributed by atoms with Crippen molar-refractivity contribution in [3.8, 4) is 16.9 Å². The van der Waals surface area contributed by atoms with E-state index in [2.05, 4.69) is 4.74 Å². The van der Waals surface area contributed by atoms with E-state index in [-0.39, 0.29) is 29.2 Å². The summed E-state index contributed by atoms with van der Waals surface area (Å²) in [5.41, 5.74) is -1.50. The summed E-state index contributed by atoms with van der Waals surface area (Å²) in [7, 11) is 0. The lowest BCUT2D eigenvalue weighted by Gasteiger charge is -2.40. The number of hydrogen-bond donors (Lipinski definition) is 0. The van der Waals surface area contributed by atoms with Crippen LogP contribution in [0.5, 0.6) is 5.75 Å². The van der Waals surface area contributed by atoms with Gasteiger partial charge in [-0.3, -0.25) is 0 Å². The van der Waals surface area contributed by atoms with E-state index in [1.54, 1.807) is 6.07 Å². The lowest BCUT2D eigenvalue weighted by atomic mass is 9.65. The molecule has 0 heterocycles. The Balaban J connectivity index is 1.09. The largest absolute Gasteiger partial charge is 0.432 e. The van der Waals surface area contributed by atoms with Crippen LogP contribution in [-0.2, 0) is 6.11 Å². The van der Waals surface area contributed by atoms with Crippen molar-refractivity contribution in [2.24, 2.45) is 23.7 Å². The second-order valence-corrected chi connectivity index (χ2v) is 13.6. The van der Waals surface area contributed by atoms with Gasteiger partial charge in [0.2, 0.25) is 0 Å². The van der Waals surface area contributed by atoms with Gasteiger partial charge in [0, 0.05) is 17.7 Å². The third kappa shape index (κ3) is 6.93. The molecule has 3 aliphatic rings. The highest BCUT2D eigenvalue weighted by Crippen LogP contribution is 2.47. The molecule has 0 spiro atoms. The van der Waals surface area contributed by atoms with Crippen molar-refractivity contribution in [2.75, 3.05) is 0 Å². The fourth-order valence-corrected chi connectivity index (χ4v) is 8.43. The molecule has 0 radical (unpaired) electrons. The summed E-state index contributed by atoms with van der Waals surface area (Å²) < 4.78 is 119. The summed E-state index contributed by atoms with van der Waals surface area (Å²) >= 11 is 0. The van der Waals surface area contributed by atoms with E-state index in [1.165, 1.54) is 69.9 Å². The number of alkyl halides is 2. The van der Waals surface area contributed by atoms with E-state index in [9.17, 15) is 30.7 Å². The van der Waals surface area contributed by atoms with E-state index < -0.39 is 52.3 Å². The molecule has 0 atom stereocenters. The molecule has 6 rings (SSSR count). The normalized spacial score (nSPS) is 24.6. The first-order valence-corrected chi connectivity index (χ1v) is 16.5. The summed E-state index contributed by atoms with van der Waals surface area (Å²) in [6, 6.07) is 5.83. The Kier molecular flexibility index (Phi) is 9.68. The summed E-state index contributed by atoms with van der Waals surface area (Å²) in [6.45, 7) is 0. The molecule has 0 aromatic heterocycles. The van der Waals surface area contributed by atoms with E-state index >= 15 is 4.39 Å². The van der Waals surface area contributed by atoms with Crippen LogP contribution in [0.1, 0.15) is 101 Å². The first-order chi connectivity index (χ1) is 22.0. The van der Waals surface area contributed by atoms with Crippen LogP contribution in [0.25, 0.3) is 11.1 Å². The second-order valence-electron chi connectivity index (χ2n) is 13.6. The van der Waals surface area contributed by atoms with Crippen LogP contribution in [0.2, 0.25) is 0 Å². The molecule has 46 heavy (non-hydrogen) atoms. The van der Waals surface area contributed by atoms with Crippen LogP contribution in [0.15, 0.2) is 42.5 Å². The minimum atomic E-state index is -4.72. The van der Waals surface area contributed by atoms with Crippen LogP contribution in [0, 0.1) is 58.6 Å². The standard InChI is InChI=1S/C37H38F8O/c38-30-16-26(25-12-10-24(11-13-25)23-8-6-22(7-9-23)21-4-2-1-3-5-21)14-15-29(30)27-17-31(39)35(32(40)18-27)37(44,45)46-28-19-33(41)36(43)34(42)20-28/h14-25H,1-13H2. The average Bonchev–Trinajstić information content (AvgIpc) is 3.03. The number of rotatable bonds is 7. The second kappa shape index (κ2) is 13.6. The molecule has 248 valence electrons. The predicted octanol–water partition coefficient (Wildman–Crippen LogP) is 12.0. The zero-order chi connectivity index (χ0) is 32.6. The fraction of sp³-hybridized carbons (Fsp3) is 0.514. The zero-order valence-electron chi connectivity index (χ0n) is 25.6. The zero-order valence-corrected chi connectivity index (χ0v) is 25.6. The van der Waals surface area contributed by atoms with Gasteiger partial charge in [-0.25, -0.2) is 26.3 Å². The minimum absolute atomic E-state index is 0.128. The number of benzene rings is 3. The third-order valence-corrected chi connectivity index (χ3v) is 10.9. The number of ether oxygens (including phenoxy) is 1. The lowest BCUT2D eigenvalue weighted by Crippen LogP contribution is -2.28. The molecule has 3 fully saturated rings. The highest BCUT2D eigenvalue weighted by molar-refractivity contribution is 5.65. The molecule has 9 heteroatoms. The van der Waals surface area contributed by atoms with E-state index in [4.69, 9.17) is 0 Å². The molecule has 0 aliphatic heterocycles. The maximum Gasteiger partial charge on any atom is 0.432 e. The third-order valence-electron chi connectivity index (χ3n) is 10.9. The van der Waals surface area contributed by atoms with Gasteiger partial charge in [0.05, 0.1) is 0 Å². The van der Waals surface area contributed by atoms with Gasteiger partial charge in [0.15, 0.2) is 17.5 Å². The summed E-state index contributed by atoms with van der Waals surface area (Å²) in [6.07, 6.45) is 11.7. The molecular weight excluding hydrogens is 612 g/mol. The topological polar surface area (TPSA) is 9.23 Å². The monoisotopic (exact) mass is 650 g/mol. The van der Waals surface area contributed by atoms with Gasteiger partial charge >= 0.3 is 6.11 Å². The summed E-state index contributed by atoms with van der Waals surface area (Å²) in [5.74, 6) is -7.51. The van der Waals surface area contributed by atoms with E-state index in [0.717, 1.165) is 49.0 Å². The van der Waals surface area contributed by atoms with Crippen LogP contribution in [-0.4, -0.2) is 0 Å². The van der Waals surface area contributed by atoms with Crippen molar-refractivity contribution < 1.29 is 39.9 Å². The predicted molar refractivity (Wildman–Crippen MR) is 159 cm³/mol. The molecule has 0 saturated heterocycles. The molecule has 1 nitrogen and oxygen atoms in total. The summed E-state index contributed by atoms with van der Waals surface area (Å²) in [4.78, 5) is 0. The van der Waals surface area contributed by atoms with Crippen molar-refractivity contribution in [1.29, 1.82) is 0 Å². The van der Waals surface area contributed by atoms with Crippen LogP contribution in [0.3, 0.4) is 0 Å². The SMILES string of the molecule is Fc1cc(C2CCC(C3CCC(C4CCCCC4)CC3)CC2)ccc1-c1cc(F)c(C(F)(F)Oc2cc(F)c(F)c(F)c2)c(F)c1. The van der Waals surface area contributed by atoms with Crippen LogP contribution >= 0.6 is 0 Å². The Morgan fingerprint density at radius 3 is 1.54 bits per heavy atom.